The Morgan fingerprint density at radius 2 is 2.00 bits per heavy atom. The second-order valence-electron chi connectivity index (χ2n) is 7.55. The average molecular weight is 366 g/mol. The topological polar surface area (TPSA) is 58.9 Å². The Morgan fingerprint density at radius 1 is 1.15 bits per heavy atom. The number of hydrogen-bond acceptors (Lipinski definition) is 4. The first-order valence-electron chi connectivity index (χ1n) is 9.54. The number of rotatable bonds is 3. The number of ether oxygens (including phenoxy) is 2. The van der Waals surface area contributed by atoms with Crippen molar-refractivity contribution in [2.24, 2.45) is 11.8 Å². The Hall–Kier alpha value is -2.62. The van der Waals surface area contributed by atoms with E-state index in [9.17, 15) is 10.2 Å². The molecule has 3 aliphatic rings. The van der Waals surface area contributed by atoms with E-state index < -0.39 is 0 Å². The van der Waals surface area contributed by atoms with Crippen LogP contribution in [0.1, 0.15) is 36.3 Å². The molecule has 4 rings (SSSR count). The van der Waals surface area contributed by atoms with Crippen LogP contribution in [0.2, 0.25) is 0 Å². The molecule has 1 aromatic carbocycles. The lowest BCUT2D eigenvalue weighted by atomic mass is 9.69. The van der Waals surface area contributed by atoms with E-state index in [4.69, 9.17) is 9.47 Å². The maximum absolute atomic E-state index is 10.1. The highest BCUT2D eigenvalue weighted by Crippen LogP contribution is 2.50. The van der Waals surface area contributed by atoms with Crippen LogP contribution in [0.5, 0.6) is 11.5 Å². The van der Waals surface area contributed by atoms with E-state index >= 15 is 0 Å². The normalized spacial score (nSPS) is 27.0. The Balaban J connectivity index is 1.76. The number of methoxy groups -OCH3 is 1. The second kappa shape index (κ2) is 7.18. The van der Waals surface area contributed by atoms with Crippen molar-refractivity contribution in [3.63, 3.8) is 0 Å². The van der Waals surface area contributed by atoms with Crippen molar-refractivity contribution < 1.29 is 19.7 Å². The first-order valence-corrected chi connectivity index (χ1v) is 9.54. The minimum Gasteiger partial charge on any atom is -0.508 e. The number of benzene rings is 1. The number of phenols is 1. The second-order valence-corrected chi connectivity index (χ2v) is 7.55. The van der Waals surface area contributed by atoms with Gasteiger partial charge in [-0.15, -0.1) is 0 Å². The van der Waals surface area contributed by atoms with E-state index in [2.05, 4.69) is 18.2 Å². The van der Waals surface area contributed by atoms with Gasteiger partial charge in [-0.2, -0.15) is 0 Å². The van der Waals surface area contributed by atoms with Crippen LogP contribution in [0.25, 0.3) is 0 Å². The first kappa shape index (κ1) is 17.8. The molecule has 0 aromatic heterocycles. The van der Waals surface area contributed by atoms with E-state index in [1.807, 2.05) is 19.1 Å². The van der Waals surface area contributed by atoms with Crippen molar-refractivity contribution >= 4 is 0 Å². The highest BCUT2D eigenvalue weighted by molar-refractivity contribution is 5.54. The summed E-state index contributed by atoms with van der Waals surface area (Å²) in [6, 6.07) is 3.78. The maximum atomic E-state index is 10.1. The molecule has 2 aliphatic carbocycles. The van der Waals surface area contributed by atoms with E-state index in [1.54, 1.807) is 19.3 Å². The van der Waals surface area contributed by atoms with Gasteiger partial charge in [0.2, 0.25) is 0 Å². The third-order valence-corrected chi connectivity index (χ3v) is 6.06. The molecule has 1 heterocycles. The zero-order valence-electron chi connectivity index (χ0n) is 15.8. The van der Waals surface area contributed by atoms with E-state index in [-0.39, 0.29) is 17.6 Å². The van der Waals surface area contributed by atoms with Crippen molar-refractivity contribution in [1.29, 1.82) is 0 Å². The SMILES string of the molecule is COC1=CC=C(C2c3ccc(O)c(C)c3OCC2C2C=CC(O)=CC2)CC1. The van der Waals surface area contributed by atoms with E-state index in [1.165, 1.54) is 5.57 Å². The largest absolute Gasteiger partial charge is 0.508 e. The molecule has 142 valence electrons. The summed E-state index contributed by atoms with van der Waals surface area (Å²) in [4.78, 5) is 0. The summed E-state index contributed by atoms with van der Waals surface area (Å²) in [7, 11) is 1.72. The van der Waals surface area contributed by atoms with E-state index in [0.717, 1.165) is 41.9 Å². The summed E-state index contributed by atoms with van der Waals surface area (Å²) in [5, 5.41) is 19.8. The van der Waals surface area contributed by atoms with Gasteiger partial charge in [0, 0.05) is 29.4 Å². The quantitative estimate of drug-likeness (QED) is 0.785. The lowest BCUT2D eigenvalue weighted by Crippen LogP contribution is -2.33. The first-order chi connectivity index (χ1) is 13.1. The molecule has 3 atom stereocenters. The average Bonchev–Trinajstić information content (AvgIpc) is 2.71. The molecular formula is C23H26O4. The van der Waals surface area contributed by atoms with Gasteiger partial charge in [0.15, 0.2) is 0 Å². The Morgan fingerprint density at radius 3 is 2.67 bits per heavy atom. The fourth-order valence-corrected chi connectivity index (χ4v) is 4.50. The molecule has 1 aliphatic heterocycles. The summed E-state index contributed by atoms with van der Waals surface area (Å²) in [6.45, 7) is 2.51. The highest BCUT2D eigenvalue weighted by atomic mass is 16.5. The number of fused-ring (bicyclic) bond motifs is 1. The molecule has 0 bridgehead atoms. The lowest BCUT2D eigenvalue weighted by molar-refractivity contribution is 0.165. The van der Waals surface area contributed by atoms with Gasteiger partial charge in [0.1, 0.15) is 17.3 Å². The van der Waals surface area contributed by atoms with Gasteiger partial charge in [0.05, 0.1) is 19.5 Å². The van der Waals surface area contributed by atoms with Crippen LogP contribution in [0.3, 0.4) is 0 Å². The molecule has 0 amide bonds. The molecule has 1 aromatic rings. The molecule has 4 heteroatoms. The van der Waals surface area contributed by atoms with Crippen molar-refractivity contribution in [2.45, 2.75) is 32.1 Å². The molecule has 0 spiro atoms. The van der Waals surface area contributed by atoms with Gasteiger partial charge in [-0.3, -0.25) is 0 Å². The minimum atomic E-state index is 0.228. The van der Waals surface area contributed by atoms with Crippen LogP contribution < -0.4 is 4.74 Å². The number of aromatic hydroxyl groups is 1. The van der Waals surface area contributed by atoms with Gasteiger partial charge in [-0.05, 0) is 50.0 Å². The van der Waals surface area contributed by atoms with Gasteiger partial charge < -0.3 is 19.7 Å². The van der Waals surface area contributed by atoms with E-state index in [0.29, 0.717) is 18.3 Å². The molecule has 4 nitrogen and oxygen atoms in total. The molecular weight excluding hydrogens is 340 g/mol. The smallest absolute Gasteiger partial charge is 0.129 e. The van der Waals surface area contributed by atoms with Crippen LogP contribution in [-0.2, 0) is 4.74 Å². The standard InChI is InChI=1S/C23H26O4/c1-14-21(25)12-11-19-22(16-5-9-18(26-2)10-6-16)20(13-27-23(14)19)15-3-7-17(24)8-4-15/h3,5,7-9,11-12,15,20,22,24-25H,4,6,10,13H2,1-2H3. The summed E-state index contributed by atoms with van der Waals surface area (Å²) < 4.78 is 11.5. The van der Waals surface area contributed by atoms with Gasteiger partial charge in [-0.1, -0.05) is 23.8 Å². The van der Waals surface area contributed by atoms with Gasteiger partial charge >= 0.3 is 0 Å². The summed E-state index contributed by atoms with van der Waals surface area (Å²) in [5.41, 5.74) is 3.33. The molecule has 0 fully saturated rings. The van der Waals surface area contributed by atoms with Crippen molar-refractivity contribution in [1.82, 2.24) is 0 Å². The fraction of sp³-hybridized carbons (Fsp3) is 0.391. The maximum Gasteiger partial charge on any atom is 0.129 e. The lowest BCUT2D eigenvalue weighted by Gasteiger charge is -2.40. The summed E-state index contributed by atoms with van der Waals surface area (Å²) in [6.07, 6.45) is 12.7. The number of hydrogen-bond donors (Lipinski definition) is 2. The Kier molecular flexibility index (Phi) is 4.73. The number of aliphatic hydroxyl groups is 1. The summed E-state index contributed by atoms with van der Waals surface area (Å²) in [5.74, 6) is 3.26. The Bertz CT molecular complexity index is 859. The third kappa shape index (κ3) is 3.25. The van der Waals surface area contributed by atoms with Gasteiger partial charge in [-0.25, -0.2) is 0 Å². The summed E-state index contributed by atoms with van der Waals surface area (Å²) >= 11 is 0. The number of phenolic OH excluding ortho intramolecular Hbond substituents is 1. The minimum absolute atomic E-state index is 0.228. The van der Waals surface area contributed by atoms with Crippen LogP contribution in [0.4, 0.5) is 0 Å². The van der Waals surface area contributed by atoms with Crippen molar-refractivity contribution in [2.75, 3.05) is 13.7 Å². The zero-order chi connectivity index (χ0) is 19.0. The van der Waals surface area contributed by atoms with Crippen LogP contribution in [0.15, 0.2) is 59.6 Å². The van der Waals surface area contributed by atoms with Crippen LogP contribution >= 0.6 is 0 Å². The highest BCUT2D eigenvalue weighted by Gasteiger charge is 2.38. The molecule has 0 saturated heterocycles. The number of allylic oxidation sites excluding steroid dienone is 7. The van der Waals surface area contributed by atoms with Crippen molar-refractivity contribution in [3.8, 4) is 11.5 Å². The van der Waals surface area contributed by atoms with Crippen molar-refractivity contribution in [3.05, 3.63) is 70.7 Å². The number of aliphatic hydroxyl groups excluding tert-OH is 1. The molecule has 0 radical (unpaired) electrons. The molecule has 0 saturated carbocycles. The van der Waals surface area contributed by atoms with Crippen LogP contribution in [-0.4, -0.2) is 23.9 Å². The third-order valence-electron chi connectivity index (χ3n) is 6.06. The predicted octanol–water partition coefficient (Wildman–Crippen LogP) is 5.06. The van der Waals surface area contributed by atoms with Gasteiger partial charge in [0.25, 0.3) is 0 Å². The molecule has 2 N–H and O–H groups in total. The predicted molar refractivity (Wildman–Crippen MR) is 105 cm³/mol. The molecule has 27 heavy (non-hydrogen) atoms. The zero-order valence-corrected chi connectivity index (χ0v) is 15.8. The fourth-order valence-electron chi connectivity index (χ4n) is 4.50. The Labute approximate surface area is 160 Å². The monoisotopic (exact) mass is 366 g/mol. The molecule has 3 unspecified atom stereocenters. The van der Waals surface area contributed by atoms with Crippen LogP contribution in [0, 0.1) is 18.8 Å².